The molecule has 3 N–H and O–H groups in total. The molecule has 0 aliphatic heterocycles. The zero-order chi connectivity index (χ0) is 10.6. The normalized spacial score (nSPS) is 25.9. The molecular weight excluding hydrogens is 180 g/mol. The summed E-state index contributed by atoms with van der Waals surface area (Å²) in [5, 5.41) is 3.33. The lowest BCUT2D eigenvalue weighted by molar-refractivity contribution is 0.139. The smallest absolute Gasteiger partial charge is 0.404 e. The predicted octanol–water partition coefficient (Wildman–Crippen LogP) is 1.11. The zero-order valence-electron chi connectivity index (χ0n) is 8.95. The van der Waals surface area contributed by atoms with Crippen molar-refractivity contribution in [2.24, 2.45) is 17.6 Å². The number of nitrogens with two attached hydrogens (primary N) is 1. The van der Waals surface area contributed by atoms with Crippen LogP contribution in [-0.4, -0.2) is 25.3 Å². The van der Waals surface area contributed by atoms with Gasteiger partial charge in [-0.25, -0.2) is 4.79 Å². The van der Waals surface area contributed by atoms with Crippen molar-refractivity contribution in [3.63, 3.8) is 0 Å². The molecule has 0 aromatic carbocycles. The lowest BCUT2D eigenvalue weighted by atomic mass is 9.74. The Labute approximate surface area is 85.2 Å². The number of nitrogens with one attached hydrogen (secondary N) is 1. The first kappa shape index (κ1) is 11.3. The highest BCUT2D eigenvalue weighted by Gasteiger charge is 2.30. The van der Waals surface area contributed by atoms with E-state index in [-0.39, 0.29) is 0 Å². The lowest BCUT2D eigenvalue weighted by Crippen LogP contribution is -2.44. The molecule has 0 spiro atoms. The molecule has 0 atom stereocenters. The topological polar surface area (TPSA) is 64.3 Å². The van der Waals surface area contributed by atoms with Crippen LogP contribution in [0.25, 0.3) is 0 Å². The van der Waals surface area contributed by atoms with Crippen LogP contribution >= 0.6 is 0 Å². The summed E-state index contributed by atoms with van der Waals surface area (Å²) in [4.78, 5) is 10.2. The Hall–Kier alpha value is -0.770. The molecule has 0 radical (unpaired) electrons. The molecule has 82 valence electrons. The van der Waals surface area contributed by atoms with Crippen molar-refractivity contribution in [1.82, 2.24) is 5.32 Å². The number of carbonyl (C=O) groups is 1. The summed E-state index contributed by atoms with van der Waals surface area (Å²) in [6.45, 7) is 5.60. The molecule has 1 aliphatic rings. The van der Waals surface area contributed by atoms with Crippen molar-refractivity contribution >= 4 is 6.09 Å². The van der Waals surface area contributed by atoms with Crippen LogP contribution in [-0.2, 0) is 4.74 Å². The van der Waals surface area contributed by atoms with E-state index in [1.807, 2.05) is 0 Å². The van der Waals surface area contributed by atoms with Gasteiger partial charge in [-0.1, -0.05) is 13.8 Å². The van der Waals surface area contributed by atoms with Crippen molar-refractivity contribution in [1.29, 1.82) is 0 Å². The van der Waals surface area contributed by atoms with Crippen molar-refractivity contribution < 1.29 is 9.53 Å². The maximum atomic E-state index is 10.2. The molecule has 4 heteroatoms. The van der Waals surface area contributed by atoms with Crippen LogP contribution in [0.3, 0.4) is 0 Å². The first-order chi connectivity index (χ1) is 6.59. The summed E-state index contributed by atoms with van der Waals surface area (Å²) in [5.41, 5.74) is 4.83. The van der Waals surface area contributed by atoms with Crippen molar-refractivity contribution in [3.05, 3.63) is 0 Å². The fourth-order valence-electron chi connectivity index (χ4n) is 1.79. The van der Waals surface area contributed by atoms with Crippen LogP contribution in [0, 0.1) is 11.8 Å². The third-order valence-corrected chi connectivity index (χ3v) is 2.90. The van der Waals surface area contributed by atoms with Gasteiger partial charge >= 0.3 is 6.09 Å². The maximum absolute atomic E-state index is 10.2. The Morgan fingerprint density at radius 1 is 1.57 bits per heavy atom. The molecule has 14 heavy (non-hydrogen) atoms. The third-order valence-electron chi connectivity index (χ3n) is 2.90. The minimum absolute atomic E-state index is 0.373. The Balaban J connectivity index is 1.93. The van der Waals surface area contributed by atoms with Gasteiger partial charge in [0.2, 0.25) is 0 Å². The summed E-state index contributed by atoms with van der Waals surface area (Å²) in [5.74, 6) is 1.65. The minimum atomic E-state index is -0.694. The second kappa shape index (κ2) is 5.20. The van der Waals surface area contributed by atoms with Gasteiger partial charge in [-0.15, -0.1) is 0 Å². The summed E-state index contributed by atoms with van der Waals surface area (Å²) in [6, 6.07) is 0.610. The van der Waals surface area contributed by atoms with Gasteiger partial charge in [-0.05, 0) is 24.7 Å². The Kier molecular flexibility index (Phi) is 4.20. The SMILES string of the molecule is CC(C)C1CC(NCCOC(N)=O)C1. The van der Waals surface area contributed by atoms with E-state index in [4.69, 9.17) is 5.73 Å². The number of primary amides is 1. The second-order valence-electron chi connectivity index (χ2n) is 4.29. The molecule has 4 nitrogen and oxygen atoms in total. The Bertz CT molecular complexity index is 189. The fourth-order valence-corrected chi connectivity index (χ4v) is 1.79. The third kappa shape index (κ3) is 3.54. The molecule has 0 heterocycles. The van der Waals surface area contributed by atoms with Gasteiger partial charge in [0.1, 0.15) is 6.61 Å². The molecule has 0 aromatic heterocycles. The van der Waals surface area contributed by atoms with Crippen LogP contribution < -0.4 is 11.1 Å². The zero-order valence-corrected chi connectivity index (χ0v) is 8.95. The number of ether oxygens (including phenoxy) is 1. The summed E-state index contributed by atoms with van der Waals surface area (Å²) >= 11 is 0. The van der Waals surface area contributed by atoms with Crippen molar-refractivity contribution in [2.75, 3.05) is 13.2 Å². The van der Waals surface area contributed by atoms with Gasteiger partial charge in [-0.3, -0.25) is 0 Å². The monoisotopic (exact) mass is 200 g/mol. The quantitative estimate of drug-likeness (QED) is 0.653. The van der Waals surface area contributed by atoms with Crippen LogP contribution in [0.1, 0.15) is 26.7 Å². The molecule has 0 saturated heterocycles. The van der Waals surface area contributed by atoms with E-state index >= 15 is 0 Å². The second-order valence-corrected chi connectivity index (χ2v) is 4.29. The van der Waals surface area contributed by atoms with Crippen molar-refractivity contribution in [3.8, 4) is 0 Å². The Morgan fingerprint density at radius 2 is 2.21 bits per heavy atom. The van der Waals surface area contributed by atoms with E-state index < -0.39 is 6.09 Å². The number of hydrogen-bond acceptors (Lipinski definition) is 3. The average Bonchev–Trinajstić information content (AvgIpc) is 1.98. The average molecular weight is 200 g/mol. The van der Waals surface area contributed by atoms with Gasteiger partial charge in [0.25, 0.3) is 0 Å². The van der Waals surface area contributed by atoms with Crippen LogP contribution in [0.2, 0.25) is 0 Å². The molecule has 1 saturated carbocycles. The van der Waals surface area contributed by atoms with Crippen LogP contribution in [0.4, 0.5) is 4.79 Å². The summed E-state index contributed by atoms with van der Waals surface area (Å²) in [6.07, 6.45) is 1.79. The van der Waals surface area contributed by atoms with E-state index in [9.17, 15) is 4.79 Å². The number of amides is 1. The van der Waals surface area contributed by atoms with Gasteiger partial charge in [0, 0.05) is 12.6 Å². The van der Waals surface area contributed by atoms with E-state index in [0.717, 1.165) is 11.8 Å². The largest absolute Gasteiger partial charge is 0.448 e. The van der Waals surface area contributed by atoms with Gasteiger partial charge < -0.3 is 15.8 Å². The first-order valence-electron chi connectivity index (χ1n) is 5.25. The number of rotatable bonds is 5. The van der Waals surface area contributed by atoms with E-state index in [1.165, 1.54) is 12.8 Å². The highest BCUT2D eigenvalue weighted by molar-refractivity contribution is 5.64. The molecular formula is C10H20N2O2. The van der Waals surface area contributed by atoms with Gasteiger partial charge in [-0.2, -0.15) is 0 Å². The molecule has 0 bridgehead atoms. The van der Waals surface area contributed by atoms with Crippen LogP contribution in [0.5, 0.6) is 0 Å². The highest BCUT2D eigenvalue weighted by atomic mass is 16.5. The first-order valence-corrected chi connectivity index (χ1v) is 5.25. The van der Waals surface area contributed by atoms with Gasteiger partial charge in [0.15, 0.2) is 0 Å². The molecule has 1 fully saturated rings. The predicted molar refractivity (Wildman–Crippen MR) is 54.9 cm³/mol. The standard InChI is InChI=1S/C10H20N2O2/c1-7(2)8-5-9(6-8)12-3-4-14-10(11)13/h7-9,12H,3-6H2,1-2H3,(H2,11,13). The molecule has 1 rings (SSSR count). The highest BCUT2D eigenvalue weighted by Crippen LogP contribution is 2.33. The van der Waals surface area contributed by atoms with Gasteiger partial charge in [0.05, 0.1) is 0 Å². The van der Waals surface area contributed by atoms with Crippen molar-refractivity contribution in [2.45, 2.75) is 32.7 Å². The number of hydrogen-bond donors (Lipinski definition) is 2. The molecule has 0 aromatic rings. The Morgan fingerprint density at radius 3 is 2.71 bits per heavy atom. The lowest BCUT2D eigenvalue weighted by Gasteiger charge is -2.38. The molecule has 1 aliphatic carbocycles. The van der Waals surface area contributed by atoms with E-state index in [2.05, 4.69) is 23.9 Å². The summed E-state index contributed by atoms with van der Waals surface area (Å²) < 4.78 is 4.61. The summed E-state index contributed by atoms with van der Waals surface area (Å²) in [7, 11) is 0. The van der Waals surface area contributed by atoms with E-state index in [1.54, 1.807) is 0 Å². The number of carbonyl (C=O) groups excluding carboxylic acids is 1. The van der Waals surface area contributed by atoms with Crippen LogP contribution in [0.15, 0.2) is 0 Å². The minimum Gasteiger partial charge on any atom is -0.448 e. The molecule has 0 unspecified atom stereocenters. The maximum Gasteiger partial charge on any atom is 0.404 e. The fraction of sp³-hybridized carbons (Fsp3) is 0.900. The molecule has 1 amide bonds. The van der Waals surface area contributed by atoms with E-state index in [0.29, 0.717) is 19.2 Å².